The zero-order valence-corrected chi connectivity index (χ0v) is 56.2. The number of aromatic nitrogens is 8. The van der Waals surface area contributed by atoms with Crippen LogP contribution < -0.4 is 0 Å². The summed E-state index contributed by atoms with van der Waals surface area (Å²) in [6.07, 6.45) is 0. The molecule has 484 valence electrons. The molecule has 0 atom stereocenters. The highest BCUT2D eigenvalue weighted by molar-refractivity contribution is 6.30. The average molecular weight is 1330 g/mol. The summed E-state index contributed by atoms with van der Waals surface area (Å²) in [5, 5.41) is 16.7. The summed E-state index contributed by atoms with van der Waals surface area (Å²) in [6.45, 7) is 0. The molecule has 0 fully saturated rings. The lowest BCUT2D eigenvalue weighted by molar-refractivity contribution is 1.17. The average Bonchev–Trinajstić information content (AvgIpc) is 1.55. The van der Waals surface area contributed by atoms with Crippen molar-refractivity contribution in [1.82, 2.24) is 38.2 Å². The van der Waals surface area contributed by atoms with Crippen LogP contribution in [0, 0.1) is 0 Å². The maximum atomic E-state index is 5.25. The molecule has 16 aromatic carbocycles. The summed E-state index contributed by atoms with van der Waals surface area (Å²) in [7, 11) is 0. The fourth-order valence-corrected chi connectivity index (χ4v) is 16.4. The van der Waals surface area contributed by atoms with Gasteiger partial charge in [0.05, 0.1) is 66.6 Å². The van der Waals surface area contributed by atoms with E-state index in [4.69, 9.17) is 19.9 Å². The van der Waals surface area contributed by atoms with Crippen LogP contribution in [0.5, 0.6) is 0 Å². The van der Waals surface area contributed by atoms with E-state index in [0.717, 1.165) is 106 Å². The first kappa shape index (κ1) is 58.8. The Bertz CT molecular complexity index is 7210. The molecule has 0 aliphatic rings. The summed E-state index contributed by atoms with van der Waals surface area (Å²) in [6, 6.07) is 130. The SMILES string of the molecule is c1ccc(-c2nc(-c3ccc4ccc(-n5c6ccccc6c6c7c8ccccc8n(-c8ccccc8)c7ccc65)cc4c3)nc3ccccc23)cc1.c1ccc(-c2nc(-c3cccc4ccc(-n5c6ccccc6c6c7c8ccccc8n(-c8ccccc8)c7ccc65)cc34)nc3ccccc23)cc1. The van der Waals surface area contributed by atoms with Gasteiger partial charge >= 0.3 is 0 Å². The van der Waals surface area contributed by atoms with Gasteiger partial charge in [-0.1, -0.05) is 249 Å². The minimum atomic E-state index is 0.720. The molecule has 0 unspecified atom stereocenters. The van der Waals surface area contributed by atoms with Crippen molar-refractivity contribution in [3.05, 3.63) is 364 Å². The van der Waals surface area contributed by atoms with E-state index in [0.29, 0.717) is 0 Å². The van der Waals surface area contributed by atoms with Gasteiger partial charge < -0.3 is 18.3 Å². The van der Waals surface area contributed by atoms with E-state index in [-0.39, 0.29) is 0 Å². The van der Waals surface area contributed by atoms with Crippen LogP contribution in [0.3, 0.4) is 0 Å². The molecule has 0 saturated carbocycles. The Kier molecular flexibility index (Phi) is 13.5. The Balaban J connectivity index is 0.000000134. The van der Waals surface area contributed by atoms with E-state index in [2.05, 4.69) is 358 Å². The van der Waals surface area contributed by atoms with Gasteiger partial charge in [-0.05, 0) is 137 Å². The molecule has 0 bridgehead atoms. The van der Waals surface area contributed by atoms with E-state index < -0.39 is 0 Å². The van der Waals surface area contributed by atoms with Gasteiger partial charge in [-0.2, -0.15) is 0 Å². The Morgan fingerprint density at radius 3 is 1.02 bits per heavy atom. The topological polar surface area (TPSA) is 71.3 Å². The molecular weight excluding hydrogens is 1270 g/mol. The van der Waals surface area contributed by atoms with Crippen molar-refractivity contribution in [2.75, 3.05) is 0 Å². The standard InChI is InChI=1S/2C48H30N4/c1-3-14-32(15-4-1)47-36-19-7-10-23-40(36)49-48(50-47)35-22-13-16-31-26-27-34(30-39(31)35)52-42-25-12-9-21-38(42)46-44(52)29-28-43-45(46)37-20-8-11-24-41(37)51(43)33-17-5-2-6-18-33;1-3-13-32(14-4-1)47-37-17-7-10-20-40(37)49-48(50-47)33-24-23-31-25-26-36(30-34(31)29-33)52-42-22-12-9-19-39(42)46-44(52)28-27-43-45(46)38-18-8-11-21-41(38)51(43)35-15-5-2-6-16-35/h2*1-30H. The Labute approximate surface area is 597 Å². The number of nitrogens with zero attached hydrogens (tertiary/aromatic N) is 8. The van der Waals surface area contributed by atoms with Crippen molar-refractivity contribution in [2.24, 2.45) is 0 Å². The first-order valence-corrected chi connectivity index (χ1v) is 35.4. The van der Waals surface area contributed by atoms with Gasteiger partial charge in [-0.15, -0.1) is 0 Å². The minimum Gasteiger partial charge on any atom is -0.309 e. The number of rotatable bonds is 8. The van der Waals surface area contributed by atoms with Crippen LogP contribution in [0.4, 0.5) is 0 Å². The van der Waals surface area contributed by atoms with E-state index in [1.54, 1.807) is 0 Å². The largest absolute Gasteiger partial charge is 0.309 e. The van der Waals surface area contributed by atoms with Gasteiger partial charge in [0.25, 0.3) is 0 Å². The Hall–Kier alpha value is -14.1. The Morgan fingerprint density at radius 2 is 0.548 bits per heavy atom. The van der Waals surface area contributed by atoms with Crippen molar-refractivity contribution in [3.8, 4) is 68.0 Å². The molecule has 6 aromatic heterocycles. The third-order valence-electron chi connectivity index (χ3n) is 21.0. The van der Waals surface area contributed by atoms with E-state index in [1.807, 2.05) is 24.3 Å². The van der Waals surface area contributed by atoms with Gasteiger partial charge in [-0.3, -0.25) is 0 Å². The van der Waals surface area contributed by atoms with Crippen molar-refractivity contribution in [3.63, 3.8) is 0 Å². The number of hydrogen-bond donors (Lipinski definition) is 0. The lowest BCUT2D eigenvalue weighted by Crippen LogP contribution is -1.97. The molecule has 0 N–H and O–H groups in total. The molecule has 0 aliphatic heterocycles. The van der Waals surface area contributed by atoms with Crippen molar-refractivity contribution in [2.45, 2.75) is 0 Å². The molecule has 8 nitrogen and oxygen atoms in total. The maximum Gasteiger partial charge on any atom is 0.161 e. The fraction of sp³-hybridized carbons (Fsp3) is 0. The monoisotopic (exact) mass is 1320 g/mol. The molecule has 104 heavy (non-hydrogen) atoms. The van der Waals surface area contributed by atoms with Gasteiger partial charge in [0.15, 0.2) is 11.6 Å². The van der Waals surface area contributed by atoms with Crippen LogP contribution in [-0.2, 0) is 0 Å². The zero-order valence-electron chi connectivity index (χ0n) is 56.2. The van der Waals surface area contributed by atoms with Gasteiger partial charge in [0, 0.05) is 98.9 Å². The second-order valence-electron chi connectivity index (χ2n) is 26.8. The quantitative estimate of drug-likeness (QED) is 0.152. The van der Waals surface area contributed by atoms with Crippen LogP contribution in [0.15, 0.2) is 364 Å². The highest BCUT2D eigenvalue weighted by atomic mass is 15.0. The molecule has 0 aliphatic carbocycles. The summed E-state index contributed by atoms with van der Waals surface area (Å²) < 4.78 is 9.63. The third kappa shape index (κ3) is 9.32. The normalized spacial score (nSPS) is 11.8. The smallest absolute Gasteiger partial charge is 0.161 e. The van der Waals surface area contributed by atoms with Crippen LogP contribution in [-0.4, -0.2) is 38.2 Å². The summed E-state index contributed by atoms with van der Waals surface area (Å²) in [5.74, 6) is 1.44. The summed E-state index contributed by atoms with van der Waals surface area (Å²) >= 11 is 0. The lowest BCUT2D eigenvalue weighted by Gasteiger charge is -2.13. The lowest BCUT2D eigenvalue weighted by atomic mass is 10.0. The van der Waals surface area contributed by atoms with E-state index in [9.17, 15) is 0 Å². The molecular formula is C96H60N8. The molecule has 0 radical (unpaired) electrons. The number of para-hydroxylation sites is 8. The number of fused-ring (bicyclic) bond motifs is 18. The second-order valence-corrected chi connectivity index (χ2v) is 26.8. The first-order chi connectivity index (χ1) is 51.6. The summed E-state index contributed by atoms with van der Waals surface area (Å²) in [5.41, 5.74) is 22.0. The van der Waals surface area contributed by atoms with E-state index in [1.165, 1.54) is 92.6 Å². The molecule has 0 spiro atoms. The fourth-order valence-electron chi connectivity index (χ4n) is 16.4. The predicted octanol–water partition coefficient (Wildman–Crippen LogP) is 24.6. The number of benzene rings is 16. The van der Waals surface area contributed by atoms with Crippen molar-refractivity contribution in [1.29, 1.82) is 0 Å². The highest BCUT2D eigenvalue weighted by Gasteiger charge is 2.24. The number of hydrogen-bond acceptors (Lipinski definition) is 4. The van der Waals surface area contributed by atoms with Crippen molar-refractivity contribution < 1.29 is 0 Å². The molecule has 22 rings (SSSR count). The highest BCUT2D eigenvalue weighted by Crippen LogP contribution is 2.46. The van der Waals surface area contributed by atoms with Crippen LogP contribution in [0.2, 0.25) is 0 Å². The maximum absolute atomic E-state index is 5.25. The molecule has 22 aromatic rings. The summed E-state index contributed by atoms with van der Waals surface area (Å²) in [4.78, 5) is 20.6. The van der Waals surface area contributed by atoms with Gasteiger partial charge in [0.1, 0.15) is 0 Å². The van der Waals surface area contributed by atoms with Crippen LogP contribution >= 0.6 is 0 Å². The molecule has 6 heterocycles. The zero-order chi connectivity index (χ0) is 68.3. The van der Waals surface area contributed by atoms with Crippen LogP contribution in [0.25, 0.3) is 199 Å². The Morgan fingerprint density at radius 1 is 0.183 bits per heavy atom. The minimum absolute atomic E-state index is 0.720. The molecule has 8 heteroatoms. The first-order valence-electron chi connectivity index (χ1n) is 35.4. The predicted molar refractivity (Wildman–Crippen MR) is 433 cm³/mol. The van der Waals surface area contributed by atoms with Crippen molar-refractivity contribution >= 4 is 131 Å². The van der Waals surface area contributed by atoms with Crippen LogP contribution in [0.1, 0.15) is 0 Å². The van der Waals surface area contributed by atoms with Gasteiger partial charge in [0.2, 0.25) is 0 Å². The molecule has 0 amide bonds. The third-order valence-corrected chi connectivity index (χ3v) is 21.0. The molecule has 0 saturated heterocycles. The van der Waals surface area contributed by atoms with E-state index >= 15 is 0 Å². The second kappa shape index (κ2) is 23.8. The van der Waals surface area contributed by atoms with Gasteiger partial charge in [-0.25, -0.2) is 19.9 Å².